The van der Waals surface area contributed by atoms with Crippen LogP contribution in [0.1, 0.15) is 372 Å². The summed E-state index contributed by atoms with van der Waals surface area (Å²) in [4.78, 5) is 103. The Balaban J connectivity index is 0.000000116. The molecule has 0 radical (unpaired) electrons. The molecule has 25 heteroatoms. The maximum atomic E-state index is 14.0. The number of nitrogens with one attached hydrogen (secondary N) is 8. The van der Waals surface area contributed by atoms with E-state index >= 15 is 0 Å². The molecule has 8 aromatic carbocycles. The van der Waals surface area contributed by atoms with Gasteiger partial charge in [-0.25, -0.2) is 37.5 Å². The minimum absolute atomic E-state index is 0.00994. The number of methoxy groups -OCH3 is 1. The summed E-state index contributed by atoms with van der Waals surface area (Å²) >= 11 is 0. The highest BCUT2D eigenvalue weighted by molar-refractivity contribution is 6.01. The summed E-state index contributed by atoms with van der Waals surface area (Å²) in [5.41, 5.74) is 20.6. The highest BCUT2D eigenvalue weighted by Gasteiger charge is 2.37. The zero-order valence-electron chi connectivity index (χ0n) is 86.2. The summed E-state index contributed by atoms with van der Waals surface area (Å²) in [6, 6.07) is 48.3. The highest BCUT2D eigenvalue weighted by Crippen LogP contribution is 2.50. The third-order valence-corrected chi connectivity index (χ3v) is 35.2. The van der Waals surface area contributed by atoms with Crippen LogP contribution in [0.5, 0.6) is 0 Å². The predicted molar refractivity (Wildman–Crippen MR) is 578 cm³/mol. The molecule has 148 heavy (non-hydrogen) atoms. The summed E-state index contributed by atoms with van der Waals surface area (Å²) in [5, 5.41) is 16.5. The van der Waals surface area contributed by atoms with Crippen LogP contribution in [0.2, 0.25) is 0 Å². The Bertz CT molecular complexity index is 7290. The van der Waals surface area contributed by atoms with Crippen molar-refractivity contribution < 1.29 is 41.5 Å². The fraction of sp³-hybridized carbons (Fsp3) is 0.447. The molecule has 2 unspecified atom stereocenters. The minimum Gasteiger partial charge on any atom is -0.381 e. The van der Waals surface area contributed by atoms with Crippen LogP contribution in [0.15, 0.2) is 183 Å². The molecule has 4 atom stereocenters. The molecule has 21 nitrogen and oxygen atoms in total. The number of H-pyrrole nitrogens is 4. The Hall–Kier alpha value is -13.2. The quantitative estimate of drug-likeness (QED) is 0.0311. The number of pyridine rings is 4. The number of aromatic nitrogens is 12. The van der Waals surface area contributed by atoms with Crippen LogP contribution in [-0.4, -0.2) is 121 Å². The Kier molecular flexibility index (Phi) is 30.4. The molecule has 0 bridgehead atoms. The Morgan fingerprint density at radius 3 is 0.858 bits per heavy atom. The fourth-order valence-electron chi connectivity index (χ4n) is 25.6. The van der Waals surface area contributed by atoms with Gasteiger partial charge in [-0.1, -0.05) is 47.0 Å². The molecule has 4 amide bonds. The second kappa shape index (κ2) is 44.7. The zero-order chi connectivity index (χ0) is 102. The average Bonchev–Trinajstić information content (AvgIpc) is 1.77. The molecule has 8 saturated carbocycles. The van der Waals surface area contributed by atoms with E-state index in [0.29, 0.717) is 117 Å². The Morgan fingerprint density at radius 1 is 0.291 bits per heavy atom. The van der Waals surface area contributed by atoms with Crippen molar-refractivity contribution in [2.24, 2.45) is 23.7 Å². The van der Waals surface area contributed by atoms with Crippen molar-refractivity contribution in [3.63, 3.8) is 0 Å². The van der Waals surface area contributed by atoms with Crippen LogP contribution in [0.25, 0.3) is 87.7 Å². The van der Waals surface area contributed by atoms with Crippen LogP contribution in [-0.2, 0) is 4.74 Å². The van der Waals surface area contributed by atoms with Crippen molar-refractivity contribution in [2.75, 3.05) is 7.11 Å². The lowest BCUT2D eigenvalue weighted by molar-refractivity contribution is 0.0599. The molecule has 0 spiro atoms. The maximum Gasteiger partial charge on any atom is 0.251 e. The van der Waals surface area contributed by atoms with Crippen molar-refractivity contribution in [1.82, 2.24) is 81.1 Å². The van der Waals surface area contributed by atoms with Crippen molar-refractivity contribution in [3.05, 3.63) is 285 Å². The number of aromatic amines is 4. The Morgan fingerprint density at radius 2 is 0.561 bits per heavy atom. The normalized spacial score (nSPS) is 22.3. The van der Waals surface area contributed by atoms with Crippen LogP contribution < -0.4 is 21.3 Å². The Labute approximate surface area is 862 Å². The number of hydrogen-bond donors (Lipinski definition) is 8. The van der Waals surface area contributed by atoms with Gasteiger partial charge in [-0.3, -0.25) is 39.1 Å². The molecule has 16 aromatic rings. The van der Waals surface area contributed by atoms with Crippen molar-refractivity contribution in [3.8, 4) is 0 Å². The van der Waals surface area contributed by atoms with Gasteiger partial charge in [0.25, 0.3) is 23.6 Å². The van der Waals surface area contributed by atoms with Crippen LogP contribution in [0, 0.1) is 60.8 Å². The van der Waals surface area contributed by atoms with Crippen LogP contribution in [0.4, 0.5) is 17.6 Å². The van der Waals surface area contributed by atoms with E-state index in [4.69, 9.17) is 24.7 Å². The number of benzene rings is 8. The fourth-order valence-corrected chi connectivity index (χ4v) is 25.6. The number of hydrogen-bond acceptors (Lipinski definition) is 13. The van der Waals surface area contributed by atoms with Gasteiger partial charge < -0.3 is 45.9 Å². The van der Waals surface area contributed by atoms with Crippen molar-refractivity contribution in [2.45, 2.75) is 318 Å². The van der Waals surface area contributed by atoms with Gasteiger partial charge in [0.05, 0.1) is 72.3 Å². The summed E-state index contributed by atoms with van der Waals surface area (Å²) in [6.45, 7) is 13.1. The second-order valence-electron chi connectivity index (χ2n) is 44.4. The molecule has 0 saturated heterocycles. The minimum atomic E-state index is -0.209. The molecule has 8 aromatic heterocycles. The lowest BCUT2D eigenvalue weighted by atomic mass is 9.73. The summed E-state index contributed by atoms with van der Waals surface area (Å²) < 4.78 is 61.2. The van der Waals surface area contributed by atoms with Gasteiger partial charge in [0.2, 0.25) is 0 Å². The van der Waals surface area contributed by atoms with E-state index in [9.17, 15) is 36.7 Å². The highest BCUT2D eigenvalue weighted by atomic mass is 19.1. The topological polar surface area (TPSA) is 292 Å². The van der Waals surface area contributed by atoms with E-state index in [1.807, 2.05) is 99.3 Å². The number of carbonyl (C=O) groups is 4. The van der Waals surface area contributed by atoms with E-state index in [1.54, 1.807) is 55.6 Å². The van der Waals surface area contributed by atoms with Gasteiger partial charge >= 0.3 is 0 Å². The number of fused-ring (bicyclic) bond motifs is 8. The smallest absolute Gasteiger partial charge is 0.251 e. The van der Waals surface area contributed by atoms with E-state index in [-0.39, 0.29) is 52.9 Å². The molecule has 0 aliphatic heterocycles. The summed E-state index contributed by atoms with van der Waals surface area (Å²) in [7, 11) is 1.76. The zero-order valence-corrected chi connectivity index (χ0v) is 86.2. The van der Waals surface area contributed by atoms with E-state index in [0.717, 1.165) is 289 Å². The SMILES string of the molecule is CC(c1nc2ccc(C(=O)NC3CCCCC3)cc2[nH]1)C1CCC(c2ccnc3ccc(F)cc23)CC1.COC1CCC(NC(=O)c2ccc3nc(C(C)C4CCC(c5ccnc6ccc(F)cc56)CC4)[nH]c3c2)CC1.Cc1cc(C(=O)NC2CCC2)cc2[nH]c([C@@H](C)C3CCC(c4ccnc5ccc(F)cc45)CC3)nc12.Cc1cc(C(=O)NC2CCC2)cc2[nH]c([C@H](C)C3CCC(c4ccnc5ccc(F)cc45)CC3)nc12. The number of nitrogens with zero attached hydrogens (tertiary/aromatic N) is 8. The molecule has 768 valence electrons. The van der Waals surface area contributed by atoms with E-state index < -0.39 is 0 Å². The van der Waals surface area contributed by atoms with Gasteiger partial charge in [0.15, 0.2) is 0 Å². The number of aryl methyl sites for hydroxylation is 2. The number of imidazole rings is 4. The van der Waals surface area contributed by atoms with Gasteiger partial charge in [-0.2, -0.15) is 0 Å². The monoisotopic (exact) mass is 2000 g/mol. The lowest BCUT2D eigenvalue weighted by Crippen LogP contribution is -2.39. The first kappa shape index (κ1) is 101. The molecule has 8 N–H and O–H groups in total. The van der Waals surface area contributed by atoms with E-state index in [2.05, 4.69) is 113 Å². The second-order valence-corrected chi connectivity index (χ2v) is 44.4. The van der Waals surface area contributed by atoms with Crippen molar-refractivity contribution >= 4 is 111 Å². The molecule has 8 heterocycles. The molecule has 8 aliphatic rings. The predicted octanol–water partition coefficient (Wildman–Crippen LogP) is 28.2. The van der Waals surface area contributed by atoms with Gasteiger partial charge in [0.1, 0.15) is 46.6 Å². The molecule has 8 fully saturated rings. The molecule has 8 aliphatic carbocycles. The van der Waals surface area contributed by atoms with E-state index in [1.165, 1.54) is 78.6 Å². The standard InChI is InChI=1S/C32H37FN4O2.C31H35FN4O.2C30H33FN4O/c1-19(20-3-5-21(6-4-20)26-15-16-34-28-14-8-23(33)18-27(26)28)31-36-29-13-7-22(17-30(29)37-31)32(38)35-24-9-11-25(39-2)12-10-24;1-19(20-7-9-21(10-8-20)25-15-16-33-27-14-12-23(32)18-26(25)27)30-35-28-13-11-22(17-29(28)36-30)31(37)34-24-5-3-2-4-6-24;2*1-17-14-21(30(36)33-23-4-3-5-23)15-27-28(17)35-29(34-27)18(2)19-6-8-20(9-7-19)24-12-13-32-26-11-10-22(31)16-25(24)26/h7-8,13-21,24-25H,3-6,9-12H2,1-2H3,(H,35,38)(H,36,37);11-21,24H,2-10H2,1H3,(H,34,37)(H,35,36);2*10-16,18-20,23H,3-9H2,1-2H3,(H,33,36)(H,34,35)/t;;2*18-,19?,20?/m..10/s1. The molecule has 24 rings (SSSR count). The molecular formula is C123H138F4N16O5. The molecular weight excluding hydrogens is 1860 g/mol. The first-order valence-corrected chi connectivity index (χ1v) is 54.9. The van der Waals surface area contributed by atoms with Crippen LogP contribution in [0.3, 0.4) is 0 Å². The first-order chi connectivity index (χ1) is 71.9. The number of amides is 4. The lowest BCUT2D eigenvalue weighted by Gasteiger charge is -2.32. The summed E-state index contributed by atoms with van der Waals surface area (Å²) in [5.74, 6) is 8.21. The largest absolute Gasteiger partial charge is 0.381 e. The first-order valence-electron chi connectivity index (χ1n) is 54.9. The number of rotatable bonds is 21. The van der Waals surface area contributed by atoms with Gasteiger partial charge in [0, 0.05) is 124 Å². The van der Waals surface area contributed by atoms with Gasteiger partial charge in [-0.15, -0.1) is 0 Å². The number of ether oxygens (including phenoxy) is 1. The van der Waals surface area contributed by atoms with Crippen molar-refractivity contribution in [1.29, 1.82) is 0 Å². The van der Waals surface area contributed by atoms with Crippen LogP contribution >= 0.6 is 0 Å². The van der Waals surface area contributed by atoms with Gasteiger partial charge in [-0.05, 0) is 432 Å². The summed E-state index contributed by atoms with van der Waals surface area (Å²) in [6.07, 6.45) is 41.6. The maximum absolute atomic E-state index is 14.0. The average molecular weight is 2000 g/mol. The third-order valence-electron chi connectivity index (χ3n) is 35.2. The number of halogens is 4. The number of carbonyl (C=O) groups excluding carboxylic acids is 4. The third kappa shape index (κ3) is 22.4.